The van der Waals surface area contributed by atoms with Crippen molar-refractivity contribution in [1.29, 1.82) is 0 Å². The van der Waals surface area contributed by atoms with Crippen molar-refractivity contribution in [3.8, 4) is 33.8 Å². The molecule has 0 bridgehead atoms. The number of rotatable bonds is 4. The Hall–Kier alpha value is -6.52. The van der Waals surface area contributed by atoms with Crippen LogP contribution in [0.5, 0.6) is 0 Å². The topological polar surface area (TPSA) is 35.1 Å². The Labute approximate surface area is 283 Å². The van der Waals surface area contributed by atoms with E-state index in [2.05, 4.69) is 162 Å². The molecule has 0 fully saturated rings. The highest BCUT2D eigenvalue weighted by Gasteiger charge is 2.28. The number of aromatic nitrogens is 3. The molecule has 4 heteroatoms. The summed E-state index contributed by atoms with van der Waals surface area (Å²) in [5.41, 5.74) is 15.6. The Kier molecular flexibility index (Phi) is 5.91. The van der Waals surface area contributed by atoms with Crippen LogP contribution < -0.4 is 0 Å². The molecule has 0 saturated carbocycles. The molecule has 0 unspecified atom stereocenters. The maximum absolute atomic E-state index is 5.05. The van der Waals surface area contributed by atoms with E-state index in [0.717, 1.165) is 44.8 Å². The first-order valence-corrected chi connectivity index (χ1v) is 16.6. The molecule has 4 nitrogen and oxygen atoms in total. The Morgan fingerprint density at radius 1 is 0.551 bits per heavy atom. The van der Waals surface area contributed by atoms with E-state index in [4.69, 9.17) is 9.98 Å². The van der Waals surface area contributed by atoms with Crippen molar-refractivity contribution >= 4 is 49.3 Å². The molecule has 1 aliphatic rings. The zero-order valence-corrected chi connectivity index (χ0v) is 26.9. The van der Waals surface area contributed by atoms with E-state index in [9.17, 15) is 0 Å². The van der Waals surface area contributed by atoms with Gasteiger partial charge in [-0.1, -0.05) is 91.5 Å². The molecule has 0 saturated heterocycles. The number of aryl methyl sites for hydroxylation is 1. The minimum Gasteiger partial charge on any atom is -0.309 e. The Morgan fingerprint density at radius 3 is 1.80 bits per heavy atom. The Morgan fingerprint density at radius 2 is 1.14 bits per heavy atom. The standard InChI is InChI=1S/C45H30N4/c1-3-46-45-38-26-32(27-47-44(38)35-17-11-12-28(2)43(35)45)49-40-19-10-8-16-34(40)37-25-30(21-23-42(37)49)29-20-22-41-36(24-29)33-15-7-9-18-39(33)48(41)31-13-5-4-6-14-31/h3-27H,1H2,2H3/b46-45-. The molecule has 0 spiro atoms. The second kappa shape index (κ2) is 10.5. The fraction of sp³-hybridized carbons (Fsp3) is 0.0222. The average molecular weight is 627 g/mol. The SMILES string of the molecule is C=C/N=C1/c2cc(-n3c4ccccc4c4cc(-c5ccc6c(c5)c5ccccc5n6-c5ccccc5)ccc43)cnc2-c2cccc(C)c21. The summed E-state index contributed by atoms with van der Waals surface area (Å²) >= 11 is 0. The minimum absolute atomic E-state index is 0.930. The third kappa shape index (κ3) is 3.98. The molecule has 3 aromatic heterocycles. The van der Waals surface area contributed by atoms with Crippen LogP contribution in [0.25, 0.3) is 77.4 Å². The Bertz CT molecular complexity index is 2850. The first-order chi connectivity index (χ1) is 24.2. The highest BCUT2D eigenvalue weighted by atomic mass is 15.0. The van der Waals surface area contributed by atoms with Gasteiger partial charge in [-0.05, 0) is 78.2 Å². The predicted molar refractivity (Wildman–Crippen MR) is 204 cm³/mol. The summed E-state index contributed by atoms with van der Waals surface area (Å²) in [5, 5.41) is 4.92. The van der Waals surface area contributed by atoms with Crippen molar-refractivity contribution < 1.29 is 0 Å². The van der Waals surface area contributed by atoms with Crippen molar-refractivity contribution in [2.24, 2.45) is 4.99 Å². The van der Waals surface area contributed by atoms with E-state index in [0.29, 0.717) is 0 Å². The summed E-state index contributed by atoms with van der Waals surface area (Å²) in [5.74, 6) is 0. The number of nitrogens with zero attached hydrogens (tertiary/aromatic N) is 4. The average Bonchev–Trinajstić information content (AvgIpc) is 3.78. The van der Waals surface area contributed by atoms with Gasteiger partial charge in [0, 0.05) is 50.1 Å². The van der Waals surface area contributed by atoms with Gasteiger partial charge < -0.3 is 9.13 Å². The van der Waals surface area contributed by atoms with E-state index in [1.54, 1.807) is 6.20 Å². The second-order valence-corrected chi connectivity index (χ2v) is 12.8. The van der Waals surface area contributed by atoms with E-state index in [1.165, 1.54) is 55.0 Å². The number of fused-ring (bicyclic) bond motifs is 9. The Balaban J connectivity index is 1.15. The highest BCUT2D eigenvalue weighted by Crippen LogP contribution is 2.41. The largest absolute Gasteiger partial charge is 0.309 e. The first kappa shape index (κ1) is 27.6. The molecule has 49 heavy (non-hydrogen) atoms. The van der Waals surface area contributed by atoms with Gasteiger partial charge in [0.05, 0.1) is 45.4 Å². The summed E-state index contributed by atoms with van der Waals surface area (Å²) in [6, 6.07) is 50.3. The fourth-order valence-corrected chi connectivity index (χ4v) is 7.95. The number of pyridine rings is 1. The minimum atomic E-state index is 0.930. The molecule has 1 aliphatic carbocycles. The molecule has 6 aromatic carbocycles. The normalized spacial score (nSPS) is 13.1. The van der Waals surface area contributed by atoms with Gasteiger partial charge in [0.15, 0.2) is 0 Å². The van der Waals surface area contributed by atoms with E-state index < -0.39 is 0 Å². The van der Waals surface area contributed by atoms with E-state index in [-0.39, 0.29) is 0 Å². The summed E-state index contributed by atoms with van der Waals surface area (Å²) in [4.78, 5) is 9.80. The quantitative estimate of drug-likeness (QED) is 0.191. The molecule has 3 heterocycles. The molecular formula is C45H30N4. The van der Waals surface area contributed by atoms with Gasteiger partial charge in [-0.3, -0.25) is 9.98 Å². The lowest BCUT2D eigenvalue weighted by molar-refractivity contribution is 1.14. The van der Waals surface area contributed by atoms with Crippen molar-refractivity contribution in [3.63, 3.8) is 0 Å². The third-order valence-corrected chi connectivity index (χ3v) is 10.1. The van der Waals surface area contributed by atoms with Crippen LogP contribution in [0.1, 0.15) is 16.7 Å². The van der Waals surface area contributed by atoms with Gasteiger partial charge in [0.1, 0.15) is 0 Å². The van der Waals surface area contributed by atoms with Gasteiger partial charge in [0.25, 0.3) is 0 Å². The maximum Gasteiger partial charge on any atom is 0.0806 e. The predicted octanol–water partition coefficient (Wildman–Crippen LogP) is 11.2. The molecule has 0 aliphatic heterocycles. The monoisotopic (exact) mass is 626 g/mol. The van der Waals surface area contributed by atoms with Gasteiger partial charge >= 0.3 is 0 Å². The van der Waals surface area contributed by atoms with Crippen LogP contribution >= 0.6 is 0 Å². The van der Waals surface area contributed by atoms with Crippen LogP contribution in [-0.4, -0.2) is 19.8 Å². The lowest BCUT2D eigenvalue weighted by Crippen LogP contribution is -2.02. The molecular weight excluding hydrogens is 597 g/mol. The number of hydrogen-bond acceptors (Lipinski definition) is 2. The molecule has 0 amide bonds. The smallest absolute Gasteiger partial charge is 0.0806 e. The maximum atomic E-state index is 5.05. The van der Waals surface area contributed by atoms with Crippen molar-refractivity contribution in [3.05, 3.63) is 175 Å². The first-order valence-electron chi connectivity index (χ1n) is 16.6. The second-order valence-electron chi connectivity index (χ2n) is 12.8. The molecule has 0 radical (unpaired) electrons. The molecule has 230 valence electrons. The molecule has 0 atom stereocenters. The van der Waals surface area contributed by atoms with E-state index in [1.807, 2.05) is 6.20 Å². The van der Waals surface area contributed by atoms with Crippen molar-refractivity contribution in [2.75, 3.05) is 0 Å². The highest BCUT2D eigenvalue weighted by molar-refractivity contribution is 6.25. The van der Waals surface area contributed by atoms with Crippen LogP contribution in [0.2, 0.25) is 0 Å². The van der Waals surface area contributed by atoms with Crippen LogP contribution in [0, 0.1) is 6.92 Å². The number of benzene rings is 6. The lowest BCUT2D eigenvalue weighted by Gasteiger charge is -2.10. The number of aliphatic imine (C=N–C) groups is 1. The van der Waals surface area contributed by atoms with Crippen molar-refractivity contribution in [1.82, 2.24) is 14.1 Å². The summed E-state index contributed by atoms with van der Waals surface area (Å²) < 4.78 is 4.70. The number of hydrogen-bond donors (Lipinski definition) is 0. The summed E-state index contributed by atoms with van der Waals surface area (Å²) in [6.07, 6.45) is 3.63. The van der Waals surface area contributed by atoms with E-state index >= 15 is 0 Å². The van der Waals surface area contributed by atoms with Gasteiger partial charge in [0.2, 0.25) is 0 Å². The van der Waals surface area contributed by atoms with Gasteiger partial charge in [-0.2, -0.15) is 0 Å². The van der Waals surface area contributed by atoms with Crippen LogP contribution in [0.4, 0.5) is 0 Å². The van der Waals surface area contributed by atoms with Crippen molar-refractivity contribution in [2.45, 2.75) is 6.92 Å². The van der Waals surface area contributed by atoms with Crippen LogP contribution in [0.3, 0.4) is 0 Å². The fourth-order valence-electron chi connectivity index (χ4n) is 7.95. The molecule has 9 aromatic rings. The lowest BCUT2D eigenvalue weighted by atomic mass is 10.0. The molecule has 10 rings (SSSR count). The summed E-state index contributed by atoms with van der Waals surface area (Å²) in [7, 11) is 0. The van der Waals surface area contributed by atoms with Crippen LogP contribution in [0.15, 0.2) is 163 Å². The zero-order valence-electron chi connectivity index (χ0n) is 26.9. The number of para-hydroxylation sites is 3. The zero-order chi connectivity index (χ0) is 32.6. The van der Waals surface area contributed by atoms with Gasteiger partial charge in [-0.25, -0.2) is 0 Å². The van der Waals surface area contributed by atoms with Crippen LogP contribution in [-0.2, 0) is 0 Å². The molecule has 0 N–H and O–H groups in total. The third-order valence-electron chi connectivity index (χ3n) is 10.1. The van der Waals surface area contributed by atoms with Gasteiger partial charge in [-0.15, -0.1) is 0 Å². The summed E-state index contributed by atoms with van der Waals surface area (Å²) in [6.45, 7) is 6.05.